The second-order valence-corrected chi connectivity index (χ2v) is 9.92. The van der Waals surface area contributed by atoms with E-state index in [0.717, 1.165) is 25.9 Å². The Hall–Kier alpha value is -0.353. The molecule has 1 heterocycles. The average Bonchev–Trinajstić information content (AvgIpc) is 2.04. The molecular weight excluding hydrogens is 182 g/mol. The molecule has 75 valence electrons. The Morgan fingerprint density at radius 2 is 2.08 bits per heavy atom. The summed E-state index contributed by atoms with van der Waals surface area (Å²) in [4.78, 5) is 10.4. The summed E-state index contributed by atoms with van der Waals surface area (Å²) in [6.45, 7) is 7.40. The number of carbonyl (C=O) groups excluding carboxylic acids is 1. The first-order valence-corrected chi connectivity index (χ1v) is 8.30. The number of hydrogen-bond donors (Lipinski definition) is 1. The third kappa shape index (κ3) is 2.11. The molecule has 0 bridgehead atoms. The first kappa shape index (κ1) is 10.7. The van der Waals surface area contributed by atoms with E-state index < -0.39 is 8.07 Å². The minimum atomic E-state index is -1.52. The summed E-state index contributed by atoms with van der Waals surface area (Å²) in [5, 5.41) is 2.40. The molecule has 0 aliphatic carbocycles. The molecule has 1 amide bonds. The lowest BCUT2D eigenvalue weighted by atomic mass is 10.2. The van der Waals surface area contributed by atoms with Gasteiger partial charge in [0.25, 0.3) is 0 Å². The Labute approximate surface area is 80.9 Å². The molecule has 0 saturated carbocycles. The molecule has 1 fully saturated rings. The summed E-state index contributed by atoms with van der Waals surface area (Å²) in [5.41, 5.74) is 0. The fourth-order valence-corrected chi connectivity index (χ4v) is 3.64. The van der Waals surface area contributed by atoms with Gasteiger partial charge in [-0.3, -0.25) is 4.79 Å². The minimum Gasteiger partial charge on any atom is -0.359 e. The van der Waals surface area contributed by atoms with Gasteiger partial charge >= 0.3 is 6.41 Å². The molecule has 1 atom stereocenters. The van der Waals surface area contributed by atoms with E-state index in [1.165, 1.54) is 0 Å². The van der Waals surface area contributed by atoms with Crippen LogP contribution in [0.4, 0.5) is 0 Å². The lowest BCUT2D eigenvalue weighted by Crippen LogP contribution is -2.64. The van der Waals surface area contributed by atoms with E-state index in [4.69, 9.17) is 4.74 Å². The van der Waals surface area contributed by atoms with Crippen LogP contribution < -0.4 is 5.32 Å². The maximum absolute atomic E-state index is 10.4. The second kappa shape index (κ2) is 3.80. The molecule has 0 aromatic rings. The summed E-state index contributed by atoms with van der Waals surface area (Å²) >= 11 is 0. The van der Waals surface area contributed by atoms with E-state index in [1.54, 1.807) is 6.41 Å². The highest BCUT2D eigenvalue weighted by Gasteiger charge is 2.45. The molecule has 1 radical (unpaired) electrons. The standard InChI is InChI=1S/C9H18NO2Si/c1-13(2,3)9(10-8-11)6-4-5-7-12-9/h4-7H2,1-3H3,(H,10,11). The molecule has 0 spiro atoms. The van der Waals surface area contributed by atoms with Gasteiger partial charge in [0.05, 0.1) is 0 Å². The Morgan fingerprint density at radius 1 is 1.38 bits per heavy atom. The second-order valence-electron chi connectivity index (χ2n) is 4.61. The van der Waals surface area contributed by atoms with Crippen molar-refractivity contribution in [3.63, 3.8) is 0 Å². The fraction of sp³-hybridized carbons (Fsp3) is 0.889. The van der Waals surface area contributed by atoms with Gasteiger partial charge in [0.15, 0.2) is 0 Å². The van der Waals surface area contributed by atoms with E-state index in [0.29, 0.717) is 0 Å². The monoisotopic (exact) mass is 200 g/mol. The molecule has 1 saturated heterocycles. The van der Waals surface area contributed by atoms with Crippen LogP contribution in [-0.4, -0.2) is 26.4 Å². The molecule has 13 heavy (non-hydrogen) atoms. The van der Waals surface area contributed by atoms with Crippen molar-refractivity contribution in [2.24, 2.45) is 0 Å². The lowest BCUT2D eigenvalue weighted by Gasteiger charge is -2.45. The van der Waals surface area contributed by atoms with Crippen molar-refractivity contribution in [3.8, 4) is 0 Å². The summed E-state index contributed by atoms with van der Waals surface area (Å²) in [7, 11) is -1.52. The fourth-order valence-electron chi connectivity index (χ4n) is 1.75. The highest BCUT2D eigenvalue weighted by atomic mass is 28.3. The van der Waals surface area contributed by atoms with Crippen LogP contribution in [0.1, 0.15) is 19.3 Å². The summed E-state index contributed by atoms with van der Waals surface area (Å²) in [5.74, 6) is 0. The molecule has 3 nitrogen and oxygen atoms in total. The summed E-state index contributed by atoms with van der Waals surface area (Å²) in [6, 6.07) is 0. The minimum absolute atomic E-state index is 0.368. The van der Waals surface area contributed by atoms with Crippen molar-refractivity contribution >= 4 is 14.5 Å². The van der Waals surface area contributed by atoms with Crippen molar-refractivity contribution in [2.45, 2.75) is 44.3 Å². The lowest BCUT2D eigenvalue weighted by molar-refractivity contribution is -0.0361. The van der Waals surface area contributed by atoms with Crippen LogP contribution in [-0.2, 0) is 9.53 Å². The molecule has 0 aromatic carbocycles. The van der Waals surface area contributed by atoms with Crippen molar-refractivity contribution in [1.29, 1.82) is 0 Å². The maximum atomic E-state index is 10.4. The number of nitrogens with one attached hydrogen (secondary N) is 1. The van der Waals surface area contributed by atoms with Gasteiger partial charge in [-0.1, -0.05) is 19.6 Å². The molecule has 1 rings (SSSR count). The predicted molar refractivity (Wildman–Crippen MR) is 54.7 cm³/mol. The zero-order valence-electron chi connectivity index (χ0n) is 8.64. The van der Waals surface area contributed by atoms with E-state index in [-0.39, 0.29) is 5.35 Å². The quantitative estimate of drug-likeness (QED) is 0.552. The van der Waals surface area contributed by atoms with Crippen molar-refractivity contribution < 1.29 is 9.53 Å². The van der Waals surface area contributed by atoms with Crippen LogP contribution >= 0.6 is 0 Å². The van der Waals surface area contributed by atoms with Gasteiger partial charge in [0, 0.05) is 6.61 Å². The van der Waals surface area contributed by atoms with Crippen molar-refractivity contribution in [2.75, 3.05) is 6.61 Å². The van der Waals surface area contributed by atoms with Crippen LogP contribution in [0.25, 0.3) is 0 Å². The zero-order valence-corrected chi connectivity index (χ0v) is 9.64. The largest absolute Gasteiger partial charge is 0.359 e. The van der Waals surface area contributed by atoms with E-state index >= 15 is 0 Å². The maximum Gasteiger partial charge on any atom is 0.311 e. The Balaban J connectivity index is 2.78. The van der Waals surface area contributed by atoms with Gasteiger partial charge in [-0.15, -0.1) is 0 Å². The Kier molecular flexibility index (Phi) is 3.13. The summed E-state index contributed by atoms with van der Waals surface area (Å²) < 4.78 is 5.76. The smallest absolute Gasteiger partial charge is 0.311 e. The topological polar surface area (TPSA) is 38.3 Å². The number of ether oxygens (including phenoxy) is 1. The van der Waals surface area contributed by atoms with Crippen LogP contribution in [0.3, 0.4) is 0 Å². The van der Waals surface area contributed by atoms with Crippen LogP contribution in [0.2, 0.25) is 19.6 Å². The zero-order chi connectivity index (χ0) is 9.95. The first-order chi connectivity index (χ1) is 6.02. The van der Waals surface area contributed by atoms with Crippen molar-refractivity contribution in [1.82, 2.24) is 5.32 Å². The normalized spacial score (nSPS) is 29.8. The number of amides is 1. The highest BCUT2D eigenvalue weighted by molar-refractivity contribution is 6.79. The van der Waals surface area contributed by atoms with E-state index in [2.05, 4.69) is 25.0 Å². The average molecular weight is 200 g/mol. The third-order valence-electron chi connectivity index (χ3n) is 2.74. The Morgan fingerprint density at radius 3 is 2.46 bits per heavy atom. The van der Waals surface area contributed by atoms with Crippen LogP contribution in [0.5, 0.6) is 0 Å². The molecule has 1 unspecified atom stereocenters. The van der Waals surface area contributed by atoms with Gasteiger partial charge in [-0.2, -0.15) is 0 Å². The molecule has 1 aliphatic rings. The van der Waals surface area contributed by atoms with Gasteiger partial charge in [0.1, 0.15) is 13.4 Å². The number of hydrogen-bond acceptors (Lipinski definition) is 2. The van der Waals surface area contributed by atoms with Crippen LogP contribution in [0.15, 0.2) is 0 Å². The molecule has 1 aliphatic heterocycles. The molecule has 0 aromatic heterocycles. The van der Waals surface area contributed by atoms with Crippen LogP contribution in [0, 0.1) is 0 Å². The van der Waals surface area contributed by atoms with Gasteiger partial charge in [0.2, 0.25) is 0 Å². The molecule has 1 N–H and O–H groups in total. The third-order valence-corrected chi connectivity index (χ3v) is 5.68. The first-order valence-electron chi connectivity index (χ1n) is 4.80. The van der Waals surface area contributed by atoms with E-state index in [1.807, 2.05) is 0 Å². The van der Waals surface area contributed by atoms with Gasteiger partial charge in [-0.25, -0.2) is 0 Å². The summed E-state index contributed by atoms with van der Waals surface area (Å²) in [6.07, 6.45) is 4.98. The Bertz CT molecular complexity index is 183. The molecular formula is C9H18NO2Si. The van der Waals surface area contributed by atoms with Gasteiger partial charge in [-0.05, 0) is 19.3 Å². The predicted octanol–water partition coefficient (Wildman–Crippen LogP) is 1.42. The molecule has 4 heteroatoms. The number of rotatable bonds is 3. The highest BCUT2D eigenvalue weighted by Crippen LogP contribution is 2.31. The van der Waals surface area contributed by atoms with Crippen molar-refractivity contribution in [3.05, 3.63) is 0 Å². The SMILES string of the molecule is C[Si](C)(C)C1(N[C]=O)CCCCO1. The van der Waals surface area contributed by atoms with Gasteiger partial charge < -0.3 is 10.1 Å². The van der Waals surface area contributed by atoms with E-state index in [9.17, 15) is 4.79 Å².